The first-order chi connectivity index (χ1) is 11.7. The van der Waals surface area contributed by atoms with Gasteiger partial charge in [-0.1, -0.05) is 44.0 Å². The van der Waals surface area contributed by atoms with Gasteiger partial charge in [-0.2, -0.15) is 5.10 Å². The molecule has 1 heterocycles. The van der Waals surface area contributed by atoms with Crippen molar-refractivity contribution in [1.82, 2.24) is 4.98 Å². The van der Waals surface area contributed by atoms with Gasteiger partial charge in [0, 0.05) is 25.5 Å². The van der Waals surface area contributed by atoms with E-state index in [0.29, 0.717) is 0 Å². The van der Waals surface area contributed by atoms with Crippen LogP contribution in [0.1, 0.15) is 5.56 Å². The molecule has 0 aliphatic rings. The first-order valence-corrected chi connectivity index (χ1v) is 9.46. The summed E-state index contributed by atoms with van der Waals surface area (Å²) in [5.74, 6) is 0.762. The lowest BCUT2D eigenvalue weighted by molar-refractivity contribution is 0.414. The molecule has 2 aromatic carbocycles. The molecular weight excluding hydrogens is 454 g/mol. The number of rotatable bonds is 5. The van der Waals surface area contributed by atoms with E-state index in [4.69, 9.17) is 4.74 Å². The van der Waals surface area contributed by atoms with Crippen LogP contribution in [-0.2, 0) is 0 Å². The third-order valence-electron chi connectivity index (χ3n) is 3.20. The predicted molar refractivity (Wildman–Crippen MR) is 107 cm³/mol. The summed E-state index contributed by atoms with van der Waals surface area (Å²) in [6.07, 6.45) is 1.71. The van der Waals surface area contributed by atoms with Gasteiger partial charge in [-0.3, -0.25) is 5.43 Å². The molecule has 0 unspecified atom stereocenters. The average molecular weight is 467 g/mol. The molecular formula is C17H13Br2N3OS. The highest BCUT2D eigenvalue weighted by Gasteiger charge is 2.04. The van der Waals surface area contributed by atoms with Crippen molar-refractivity contribution in [3.8, 4) is 17.0 Å². The second kappa shape index (κ2) is 7.92. The minimum absolute atomic E-state index is 0.734. The van der Waals surface area contributed by atoms with Crippen LogP contribution in [-0.4, -0.2) is 18.3 Å². The Morgan fingerprint density at radius 3 is 2.62 bits per heavy atom. The molecule has 0 amide bonds. The van der Waals surface area contributed by atoms with Crippen molar-refractivity contribution in [1.29, 1.82) is 0 Å². The van der Waals surface area contributed by atoms with E-state index in [1.807, 2.05) is 47.8 Å². The number of anilines is 1. The summed E-state index contributed by atoms with van der Waals surface area (Å²) < 4.78 is 7.34. The van der Waals surface area contributed by atoms with Gasteiger partial charge in [0.2, 0.25) is 5.13 Å². The summed E-state index contributed by atoms with van der Waals surface area (Å²) in [4.78, 5) is 4.54. The van der Waals surface area contributed by atoms with Crippen LogP contribution in [0.25, 0.3) is 11.3 Å². The second-order valence-corrected chi connectivity index (χ2v) is 7.49. The molecule has 24 heavy (non-hydrogen) atoms. The average Bonchev–Trinajstić information content (AvgIpc) is 3.05. The van der Waals surface area contributed by atoms with Gasteiger partial charge in [-0.05, 0) is 30.3 Å². The van der Waals surface area contributed by atoms with E-state index in [9.17, 15) is 0 Å². The maximum Gasteiger partial charge on any atom is 0.203 e. The highest BCUT2D eigenvalue weighted by molar-refractivity contribution is 9.10. The number of thiazole rings is 1. The van der Waals surface area contributed by atoms with Gasteiger partial charge in [-0.25, -0.2) is 4.98 Å². The largest absolute Gasteiger partial charge is 0.496 e. The number of aromatic nitrogens is 1. The lowest BCUT2D eigenvalue weighted by Gasteiger charge is -2.04. The summed E-state index contributed by atoms with van der Waals surface area (Å²) in [5, 5.41) is 6.98. The molecule has 0 aliphatic carbocycles. The molecule has 0 aliphatic heterocycles. The van der Waals surface area contributed by atoms with Crippen molar-refractivity contribution in [2.24, 2.45) is 5.10 Å². The van der Waals surface area contributed by atoms with Crippen LogP contribution in [0, 0.1) is 0 Å². The molecule has 0 bridgehead atoms. The van der Waals surface area contributed by atoms with Crippen LogP contribution in [0.4, 0.5) is 5.13 Å². The van der Waals surface area contributed by atoms with Crippen LogP contribution in [0.15, 0.2) is 61.9 Å². The summed E-state index contributed by atoms with van der Waals surface area (Å²) >= 11 is 8.39. The zero-order valence-electron chi connectivity index (χ0n) is 12.7. The van der Waals surface area contributed by atoms with E-state index in [1.54, 1.807) is 13.3 Å². The molecule has 0 spiro atoms. The number of nitrogens with one attached hydrogen (secondary N) is 1. The Hall–Kier alpha value is -1.70. The molecule has 1 aromatic heterocycles. The van der Waals surface area contributed by atoms with Crippen LogP contribution in [0.2, 0.25) is 0 Å². The van der Waals surface area contributed by atoms with E-state index in [1.165, 1.54) is 11.3 Å². The van der Waals surface area contributed by atoms with Crippen LogP contribution >= 0.6 is 43.2 Å². The number of ether oxygens (including phenoxy) is 1. The van der Waals surface area contributed by atoms with Crippen LogP contribution in [0.3, 0.4) is 0 Å². The molecule has 0 atom stereocenters. The summed E-state index contributed by atoms with van der Waals surface area (Å²) in [6, 6.07) is 13.8. The fraction of sp³-hybridized carbons (Fsp3) is 0.0588. The number of methoxy groups -OCH3 is 1. The van der Waals surface area contributed by atoms with Gasteiger partial charge in [0.05, 0.1) is 19.0 Å². The minimum Gasteiger partial charge on any atom is -0.496 e. The van der Waals surface area contributed by atoms with E-state index in [-0.39, 0.29) is 0 Å². The van der Waals surface area contributed by atoms with Crippen molar-refractivity contribution < 1.29 is 4.74 Å². The maximum absolute atomic E-state index is 5.32. The molecule has 0 radical (unpaired) electrons. The van der Waals surface area contributed by atoms with E-state index < -0.39 is 0 Å². The third kappa shape index (κ3) is 4.23. The fourth-order valence-electron chi connectivity index (χ4n) is 2.04. The molecule has 0 saturated heterocycles. The molecule has 122 valence electrons. The molecule has 7 heteroatoms. The SMILES string of the molecule is COc1ccc(Br)cc1/C=N\Nc1nc(-c2ccc(Br)cc2)cs1. The van der Waals surface area contributed by atoms with Gasteiger partial charge in [-0.15, -0.1) is 11.3 Å². The number of hydrogen-bond acceptors (Lipinski definition) is 5. The molecule has 1 N–H and O–H groups in total. The Labute approximate surface area is 160 Å². The number of hydrazone groups is 1. The molecule has 0 saturated carbocycles. The minimum atomic E-state index is 0.734. The first kappa shape index (κ1) is 17.1. The monoisotopic (exact) mass is 465 g/mol. The van der Waals surface area contributed by atoms with Gasteiger partial charge < -0.3 is 4.74 Å². The number of halogens is 2. The standard InChI is InChI=1S/C17H13Br2N3OS/c1-23-16-7-6-14(19)8-12(16)9-20-22-17-21-15(10-24-17)11-2-4-13(18)5-3-11/h2-10H,1H3,(H,21,22)/b20-9-. The van der Waals surface area contributed by atoms with Crippen molar-refractivity contribution in [3.63, 3.8) is 0 Å². The summed E-state index contributed by atoms with van der Waals surface area (Å²) in [7, 11) is 1.64. The van der Waals surface area contributed by atoms with Crippen molar-refractivity contribution in [2.75, 3.05) is 12.5 Å². The number of hydrogen-bond donors (Lipinski definition) is 1. The Morgan fingerprint density at radius 1 is 1.12 bits per heavy atom. The predicted octanol–water partition coefficient (Wildman–Crippen LogP) is 5.79. The normalized spacial score (nSPS) is 11.0. The molecule has 3 rings (SSSR count). The lowest BCUT2D eigenvalue weighted by atomic mass is 10.2. The van der Waals surface area contributed by atoms with Crippen LogP contribution < -0.4 is 10.2 Å². The number of benzene rings is 2. The van der Waals surface area contributed by atoms with E-state index >= 15 is 0 Å². The highest BCUT2D eigenvalue weighted by atomic mass is 79.9. The quantitative estimate of drug-likeness (QED) is 0.382. The number of nitrogens with zero attached hydrogens (tertiary/aromatic N) is 2. The Balaban J connectivity index is 1.71. The fourth-order valence-corrected chi connectivity index (χ4v) is 3.35. The van der Waals surface area contributed by atoms with Gasteiger partial charge >= 0.3 is 0 Å². The second-order valence-electron chi connectivity index (χ2n) is 4.80. The smallest absolute Gasteiger partial charge is 0.203 e. The zero-order chi connectivity index (χ0) is 16.9. The van der Waals surface area contributed by atoms with Crippen molar-refractivity contribution in [3.05, 3.63) is 62.4 Å². The van der Waals surface area contributed by atoms with Gasteiger partial charge in [0.1, 0.15) is 5.75 Å². The Morgan fingerprint density at radius 2 is 1.88 bits per heavy atom. The van der Waals surface area contributed by atoms with E-state index in [2.05, 4.69) is 47.4 Å². The zero-order valence-corrected chi connectivity index (χ0v) is 16.7. The summed E-state index contributed by atoms with van der Waals surface area (Å²) in [5.41, 5.74) is 5.83. The third-order valence-corrected chi connectivity index (χ3v) is 4.97. The first-order valence-electron chi connectivity index (χ1n) is 7.00. The topological polar surface area (TPSA) is 46.5 Å². The Bertz CT molecular complexity index is 863. The molecule has 0 fully saturated rings. The maximum atomic E-state index is 5.32. The highest BCUT2D eigenvalue weighted by Crippen LogP contribution is 2.26. The van der Waals surface area contributed by atoms with Crippen molar-refractivity contribution in [2.45, 2.75) is 0 Å². The van der Waals surface area contributed by atoms with Crippen LogP contribution in [0.5, 0.6) is 5.75 Å². The van der Waals surface area contributed by atoms with E-state index in [0.717, 1.165) is 36.6 Å². The van der Waals surface area contributed by atoms with Gasteiger partial charge in [0.25, 0.3) is 0 Å². The van der Waals surface area contributed by atoms with Gasteiger partial charge in [0.15, 0.2) is 0 Å². The lowest BCUT2D eigenvalue weighted by Crippen LogP contribution is -1.94. The van der Waals surface area contributed by atoms with Crippen molar-refractivity contribution >= 4 is 54.5 Å². The summed E-state index contributed by atoms with van der Waals surface area (Å²) in [6.45, 7) is 0. The molecule has 4 nitrogen and oxygen atoms in total. The molecule has 3 aromatic rings. The Kier molecular flexibility index (Phi) is 5.65.